The van der Waals surface area contributed by atoms with Crippen LogP contribution in [-0.2, 0) is 0 Å². The fourth-order valence-corrected chi connectivity index (χ4v) is 2.61. The van der Waals surface area contributed by atoms with Crippen molar-refractivity contribution in [3.05, 3.63) is 45.3 Å². The Hall–Kier alpha value is -1.29. The van der Waals surface area contributed by atoms with Crippen molar-refractivity contribution in [1.82, 2.24) is 9.55 Å². The number of H-pyrrole nitrogens is 1. The molecule has 2 heterocycles. The van der Waals surface area contributed by atoms with E-state index in [1.165, 1.54) is 4.88 Å². The molecule has 0 spiro atoms. The van der Waals surface area contributed by atoms with Gasteiger partial charge in [-0.15, -0.1) is 11.3 Å². The molecular weight excluding hydrogens is 208 g/mol. The first-order valence-electron chi connectivity index (χ1n) is 5.12. The van der Waals surface area contributed by atoms with Crippen LogP contribution in [0.1, 0.15) is 30.7 Å². The van der Waals surface area contributed by atoms with Gasteiger partial charge in [0.05, 0.1) is 6.04 Å². The van der Waals surface area contributed by atoms with Gasteiger partial charge in [0.1, 0.15) is 0 Å². The number of hydrogen-bond donors (Lipinski definition) is 1. The summed E-state index contributed by atoms with van der Waals surface area (Å²) in [6.45, 7) is 2.14. The number of nitrogens with zero attached hydrogens (tertiary/aromatic N) is 1. The monoisotopic (exact) mass is 222 g/mol. The first-order valence-corrected chi connectivity index (χ1v) is 5.99. The largest absolute Gasteiger partial charge is 0.326 e. The molecule has 2 rings (SSSR count). The van der Waals surface area contributed by atoms with E-state index in [4.69, 9.17) is 0 Å². The minimum Gasteiger partial charge on any atom is -0.313 e. The first-order chi connectivity index (χ1) is 7.33. The maximum atomic E-state index is 11.5. The lowest BCUT2D eigenvalue weighted by molar-refractivity contribution is 0.527. The van der Waals surface area contributed by atoms with Crippen LogP contribution in [0.2, 0.25) is 0 Å². The number of nitrogens with one attached hydrogen (secondary N) is 1. The molecule has 2 aromatic heterocycles. The molecule has 3 nitrogen and oxygen atoms in total. The molecule has 0 radical (unpaired) electrons. The number of rotatable bonds is 4. The molecule has 0 fully saturated rings. The highest BCUT2D eigenvalue weighted by Crippen LogP contribution is 2.25. The lowest BCUT2D eigenvalue weighted by Crippen LogP contribution is -2.21. The number of imidazole rings is 1. The van der Waals surface area contributed by atoms with Crippen molar-refractivity contribution in [3.63, 3.8) is 0 Å². The maximum absolute atomic E-state index is 11.5. The number of aromatic amines is 1. The minimum atomic E-state index is -0.0261. The summed E-state index contributed by atoms with van der Waals surface area (Å²) < 4.78 is 1.77. The summed E-state index contributed by atoms with van der Waals surface area (Å²) in [7, 11) is 0. The third-order valence-electron chi connectivity index (χ3n) is 2.45. The van der Waals surface area contributed by atoms with E-state index in [9.17, 15) is 4.79 Å². The minimum absolute atomic E-state index is 0.0261. The molecule has 0 bridgehead atoms. The molecule has 0 aliphatic heterocycles. The molecule has 1 unspecified atom stereocenters. The Labute approximate surface area is 92.4 Å². The Morgan fingerprint density at radius 2 is 2.47 bits per heavy atom. The predicted octanol–water partition coefficient (Wildman–Crippen LogP) is 2.63. The Bertz CT molecular complexity index is 455. The summed E-state index contributed by atoms with van der Waals surface area (Å²) >= 11 is 1.70. The van der Waals surface area contributed by atoms with Gasteiger partial charge in [0.25, 0.3) is 0 Å². The van der Waals surface area contributed by atoms with E-state index < -0.39 is 0 Å². The summed E-state index contributed by atoms with van der Waals surface area (Å²) in [6, 6.07) is 4.30. The molecule has 1 N–H and O–H groups in total. The highest BCUT2D eigenvalue weighted by molar-refractivity contribution is 7.10. The highest BCUT2D eigenvalue weighted by Gasteiger charge is 2.14. The van der Waals surface area contributed by atoms with E-state index in [2.05, 4.69) is 23.4 Å². The van der Waals surface area contributed by atoms with Crippen LogP contribution in [0, 0.1) is 0 Å². The van der Waals surface area contributed by atoms with Crippen LogP contribution < -0.4 is 5.69 Å². The fraction of sp³-hybridized carbons (Fsp3) is 0.364. The van der Waals surface area contributed by atoms with Crippen LogP contribution in [0.3, 0.4) is 0 Å². The van der Waals surface area contributed by atoms with E-state index in [0.29, 0.717) is 0 Å². The molecule has 80 valence electrons. The van der Waals surface area contributed by atoms with Crippen LogP contribution in [-0.4, -0.2) is 9.55 Å². The van der Waals surface area contributed by atoms with E-state index in [1.54, 1.807) is 22.1 Å². The van der Waals surface area contributed by atoms with Gasteiger partial charge < -0.3 is 4.98 Å². The van der Waals surface area contributed by atoms with Gasteiger partial charge in [0.2, 0.25) is 0 Å². The summed E-state index contributed by atoms with van der Waals surface area (Å²) in [4.78, 5) is 15.5. The lowest BCUT2D eigenvalue weighted by Gasteiger charge is -2.14. The average molecular weight is 222 g/mol. The van der Waals surface area contributed by atoms with Gasteiger partial charge in [-0.1, -0.05) is 19.4 Å². The van der Waals surface area contributed by atoms with E-state index in [0.717, 1.165) is 12.8 Å². The van der Waals surface area contributed by atoms with Crippen molar-refractivity contribution < 1.29 is 0 Å². The van der Waals surface area contributed by atoms with Crippen LogP contribution in [0.4, 0.5) is 0 Å². The Morgan fingerprint density at radius 3 is 3.00 bits per heavy atom. The quantitative estimate of drug-likeness (QED) is 0.848. The van der Waals surface area contributed by atoms with Gasteiger partial charge in [-0.3, -0.25) is 4.57 Å². The van der Waals surface area contributed by atoms with Crippen LogP contribution >= 0.6 is 11.3 Å². The molecule has 0 aromatic carbocycles. The van der Waals surface area contributed by atoms with Gasteiger partial charge in [0, 0.05) is 17.3 Å². The zero-order valence-electron chi connectivity index (χ0n) is 8.64. The van der Waals surface area contributed by atoms with Crippen molar-refractivity contribution in [1.29, 1.82) is 0 Å². The summed E-state index contributed by atoms with van der Waals surface area (Å²) in [5.74, 6) is 0. The topological polar surface area (TPSA) is 37.8 Å². The van der Waals surface area contributed by atoms with Gasteiger partial charge >= 0.3 is 5.69 Å². The normalized spacial score (nSPS) is 12.9. The first kappa shape index (κ1) is 10.2. The van der Waals surface area contributed by atoms with E-state index in [-0.39, 0.29) is 11.7 Å². The molecule has 0 amide bonds. The summed E-state index contributed by atoms with van der Waals surface area (Å²) in [5.41, 5.74) is -0.0261. The smallest absolute Gasteiger partial charge is 0.313 e. The van der Waals surface area contributed by atoms with Crippen molar-refractivity contribution in [2.75, 3.05) is 0 Å². The second-order valence-electron chi connectivity index (χ2n) is 3.49. The van der Waals surface area contributed by atoms with Gasteiger partial charge in [0.15, 0.2) is 0 Å². The molecule has 1 atom stereocenters. The van der Waals surface area contributed by atoms with Crippen molar-refractivity contribution >= 4 is 11.3 Å². The van der Waals surface area contributed by atoms with Gasteiger partial charge in [-0.05, 0) is 17.9 Å². The third kappa shape index (κ3) is 2.04. The summed E-state index contributed by atoms with van der Waals surface area (Å²) in [5, 5.41) is 2.05. The van der Waals surface area contributed by atoms with Crippen LogP contribution in [0.25, 0.3) is 0 Å². The number of thiophene rings is 1. The zero-order valence-corrected chi connectivity index (χ0v) is 9.46. The third-order valence-corrected chi connectivity index (χ3v) is 3.42. The summed E-state index contributed by atoms with van der Waals surface area (Å²) in [6.07, 6.45) is 5.58. The molecule has 0 saturated carbocycles. The second kappa shape index (κ2) is 4.49. The van der Waals surface area contributed by atoms with Crippen molar-refractivity contribution in [3.8, 4) is 0 Å². The number of aromatic nitrogens is 2. The highest BCUT2D eigenvalue weighted by atomic mass is 32.1. The molecular formula is C11H14N2OS. The molecule has 0 aliphatic rings. The molecule has 15 heavy (non-hydrogen) atoms. The van der Waals surface area contributed by atoms with Gasteiger partial charge in [-0.25, -0.2) is 4.79 Å². The van der Waals surface area contributed by atoms with Crippen LogP contribution in [0.5, 0.6) is 0 Å². The Morgan fingerprint density at radius 1 is 1.60 bits per heavy atom. The van der Waals surface area contributed by atoms with Crippen molar-refractivity contribution in [2.45, 2.75) is 25.8 Å². The molecule has 0 saturated heterocycles. The van der Waals surface area contributed by atoms with Gasteiger partial charge in [-0.2, -0.15) is 0 Å². The fourth-order valence-electron chi connectivity index (χ4n) is 1.75. The SMILES string of the molecule is CCCC(c1cccs1)n1cc[nH]c1=O. The second-order valence-corrected chi connectivity index (χ2v) is 4.47. The molecule has 0 aliphatic carbocycles. The average Bonchev–Trinajstić information content (AvgIpc) is 2.85. The molecule has 4 heteroatoms. The Kier molecular flexibility index (Phi) is 3.06. The lowest BCUT2D eigenvalue weighted by atomic mass is 10.1. The molecule has 2 aromatic rings. The van der Waals surface area contributed by atoms with E-state index >= 15 is 0 Å². The van der Waals surface area contributed by atoms with Crippen molar-refractivity contribution in [2.24, 2.45) is 0 Å². The number of hydrogen-bond acceptors (Lipinski definition) is 2. The standard InChI is InChI=1S/C11H14N2OS/c1-2-4-9(10-5-3-8-15-10)13-7-6-12-11(13)14/h3,5-9H,2,4H2,1H3,(H,12,14). The maximum Gasteiger partial charge on any atom is 0.326 e. The van der Waals surface area contributed by atoms with E-state index in [1.807, 2.05) is 12.3 Å². The van der Waals surface area contributed by atoms with Crippen LogP contribution in [0.15, 0.2) is 34.7 Å². The predicted molar refractivity (Wildman–Crippen MR) is 62.4 cm³/mol. The Balaban J connectivity index is 2.36. The zero-order chi connectivity index (χ0) is 10.7.